The van der Waals surface area contributed by atoms with Crippen molar-refractivity contribution in [3.8, 4) is 0 Å². The molecular formula is C17H18FNO4. The average Bonchev–Trinajstić information content (AvgIpc) is 3.37. The summed E-state index contributed by atoms with van der Waals surface area (Å²) in [7, 11) is 0. The number of rotatable bonds is 4. The first-order valence-electron chi connectivity index (χ1n) is 7.81. The zero-order valence-electron chi connectivity index (χ0n) is 12.5. The molecule has 0 aromatic heterocycles. The second-order valence-corrected chi connectivity index (χ2v) is 7.16. The SMILES string of the molecule is N[C@@]1(C(=O)OCc2ccccc2F)CC2(CC2)[C@H]2[C@H](C(=O)O)[C@H]21. The third kappa shape index (κ3) is 2.01. The molecule has 0 amide bonds. The van der Waals surface area contributed by atoms with Crippen LogP contribution >= 0.6 is 0 Å². The van der Waals surface area contributed by atoms with E-state index in [0.717, 1.165) is 12.8 Å². The van der Waals surface area contributed by atoms with E-state index in [-0.39, 0.29) is 29.4 Å². The maximum Gasteiger partial charge on any atom is 0.326 e. The Labute approximate surface area is 132 Å². The van der Waals surface area contributed by atoms with Gasteiger partial charge >= 0.3 is 11.9 Å². The van der Waals surface area contributed by atoms with E-state index in [2.05, 4.69) is 0 Å². The molecule has 4 rings (SSSR count). The fourth-order valence-corrected chi connectivity index (χ4v) is 4.61. The quantitative estimate of drug-likeness (QED) is 0.825. The Balaban J connectivity index is 1.50. The summed E-state index contributed by atoms with van der Waals surface area (Å²) in [6, 6.07) is 6.07. The number of aliphatic carboxylic acids is 1. The van der Waals surface area contributed by atoms with Crippen LogP contribution in [0.2, 0.25) is 0 Å². The first-order chi connectivity index (χ1) is 10.9. The van der Waals surface area contributed by atoms with Crippen molar-refractivity contribution in [2.24, 2.45) is 28.9 Å². The number of carboxylic acid groups (broad SMARTS) is 1. The number of carbonyl (C=O) groups is 2. The van der Waals surface area contributed by atoms with Gasteiger partial charge in [-0.2, -0.15) is 0 Å². The Bertz CT molecular complexity index is 702. The van der Waals surface area contributed by atoms with E-state index in [1.807, 2.05) is 0 Å². The van der Waals surface area contributed by atoms with Crippen LogP contribution in [-0.2, 0) is 20.9 Å². The number of hydrogen-bond donors (Lipinski definition) is 2. The van der Waals surface area contributed by atoms with Crippen molar-refractivity contribution in [2.45, 2.75) is 31.4 Å². The number of fused-ring (bicyclic) bond motifs is 2. The minimum atomic E-state index is -1.25. The lowest BCUT2D eigenvalue weighted by atomic mass is 9.86. The lowest BCUT2D eigenvalue weighted by molar-refractivity contribution is -0.153. The number of carboxylic acids is 1. The number of benzene rings is 1. The number of esters is 1. The molecule has 23 heavy (non-hydrogen) atoms. The van der Waals surface area contributed by atoms with Gasteiger partial charge in [-0.15, -0.1) is 0 Å². The van der Waals surface area contributed by atoms with Crippen LogP contribution in [0.5, 0.6) is 0 Å². The van der Waals surface area contributed by atoms with Gasteiger partial charge in [0, 0.05) is 11.5 Å². The summed E-state index contributed by atoms with van der Waals surface area (Å²) >= 11 is 0. The van der Waals surface area contributed by atoms with Gasteiger partial charge in [0.1, 0.15) is 18.0 Å². The summed E-state index contributed by atoms with van der Waals surface area (Å²) in [5.41, 5.74) is 5.25. The first kappa shape index (κ1) is 14.6. The number of halogens is 1. The Morgan fingerprint density at radius 1 is 1.30 bits per heavy atom. The summed E-state index contributed by atoms with van der Waals surface area (Å²) in [5, 5.41) is 9.32. The van der Waals surface area contributed by atoms with Crippen molar-refractivity contribution in [3.05, 3.63) is 35.6 Å². The molecule has 3 N–H and O–H groups in total. The molecule has 0 bridgehead atoms. The number of ether oxygens (including phenoxy) is 1. The van der Waals surface area contributed by atoms with Gasteiger partial charge in [0.05, 0.1) is 5.92 Å². The Kier molecular flexibility index (Phi) is 2.89. The molecule has 1 aromatic rings. The van der Waals surface area contributed by atoms with Crippen LogP contribution in [0.1, 0.15) is 24.8 Å². The van der Waals surface area contributed by atoms with E-state index in [9.17, 15) is 19.1 Å². The second kappa shape index (κ2) is 4.54. The Morgan fingerprint density at radius 2 is 2.00 bits per heavy atom. The van der Waals surface area contributed by atoms with Gasteiger partial charge in [-0.25, -0.2) is 4.39 Å². The van der Waals surface area contributed by atoms with Gasteiger partial charge in [0.25, 0.3) is 0 Å². The molecule has 5 nitrogen and oxygen atoms in total. The lowest BCUT2D eigenvalue weighted by Crippen LogP contribution is -2.51. The minimum absolute atomic E-state index is 0.00832. The van der Waals surface area contributed by atoms with Gasteiger partial charge in [-0.05, 0) is 36.7 Å². The van der Waals surface area contributed by atoms with Crippen molar-refractivity contribution in [3.63, 3.8) is 0 Å². The number of carbonyl (C=O) groups excluding carboxylic acids is 1. The van der Waals surface area contributed by atoms with Gasteiger partial charge < -0.3 is 15.6 Å². The smallest absolute Gasteiger partial charge is 0.326 e. The van der Waals surface area contributed by atoms with Crippen molar-refractivity contribution in [1.29, 1.82) is 0 Å². The fraction of sp³-hybridized carbons (Fsp3) is 0.529. The molecule has 0 saturated heterocycles. The highest BCUT2D eigenvalue weighted by atomic mass is 19.1. The monoisotopic (exact) mass is 319 g/mol. The summed E-state index contributed by atoms with van der Waals surface area (Å²) in [6.07, 6.45) is 2.34. The normalized spacial score (nSPS) is 35.7. The second-order valence-electron chi connectivity index (χ2n) is 7.16. The molecule has 122 valence electrons. The highest BCUT2D eigenvalue weighted by Gasteiger charge is 2.81. The molecule has 1 aromatic carbocycles. The van der Waals surface area contributed by atoms with Gasteiger partial charge in [0.15, 0.2) is 0 Å². The maximum absolute atomic E-state index is 13.6. The van der Waals surface area contributed by atoms with Crippen LogP contribution < -0.4 is 5.73 Å². The van der Waals surface area contributed by atoms with Gasteiger partial charge in [0.2, 0.25) is 0 Å². The molecule has 0 heterocycles. The highest BCUT2D eigenvalue weighted by Crippen LogP contribution is 2.78. The van der Waals surface area contributed by atoms with Crippen LogP contribution in [-0.4, -0.2) is 22.6 Å². The zero-order valence-corrected chi connectivity index (χ0v) is 12.5. The van der Waals surface area contributed by atoms with E-state index < -0.39 is 29.2 Å². The summed E-state index contributed by atoms with van der Waals surface area (Å²) in [5.74, 6) is -2.84. The van der Waals surface area contributed by atoms with Crippen LogP contribution in [0.15, 0.2) is 24.3 Å². The third-order valence-corrected chi connectivity index (χ3v) is 5.84. The summed E-state index contributed by atoms with van der Waals surface area (Å²) in [4.78, 5) is 23.9. The van der Waals surface area contributed by atoms with E-state index in [1.165, 1.54) is 6.07 Å². The van der Waals surface area contributed by atoms with E-state index in [0.29, 0.717) is 6.42 Å². The first-order valence-corrected chi connectivity index (χ1v) is 7.81. The molecule has 3 aliphatic rings. The van der Waals surface area contributed by atoms with Crippen molar-refractivity contribution in [1.82, 2.24) is 0 Å². The molecule has 0 aliphatic heterocycles. The standard InChI is InChI=1S/C17H18FNO4/c18-10-4-2-1-3-9(10)7-23-15(22)17(19)8-16(5-6-16)12-11(13(12)17)14(20)21/h1-4,11-13H,5-8,19H2,(H,20,21)/t11-,12-,13+,17-/m0/s1. The predicted octanol–water partition coefficient (Wildman–Crippen LogP) is 1.70. The van der Waals surface area contributed by atoms with E-state index >= 15 is 0 Å². The van der Waals surface area contributed by atoms with Crippen molar-refractivity contribution >= 4 is 11.9 Å². The van der Waals surface area contributed by atoms with Gasteiger partial charge in [-0.1, -0.05) is 18.2 Å². The number of nitrogens with two attached hydrogens (primary N) is 1. The van der Waals surface area contributed by atoms with E-state index in [1.54, 1.807) is 18.2 Å². The number of hydrogen-bond acceptors (Lipinski definition) is 4. The predicted molar refractivity (Wildman–Crippen MR) is 77.5 cm³/mol. The maximum atomic E-state index is 13.6. The Hall–Kier alpha value is -1.95. The summed E-state index contributed by atoms with van der Waals surface area (Å²) in [6.45, 7) is -0.188. The average molecular weight is 319 g/mol. The lowest BCUT2D eigenvalue weighted by Gasteiger charge is -2.27. The van der Waals surface area contributed by atoms with Crippen molar-refractivity contribution < 1.29 is 23.8 Å². The molecule has 4 atom stereocenters. The van der Waals surface area contributed by atoms with Crippen LogP contribution in [0, 0.1) is 29.0 Å². The zero-order chi connectivity index (χ0) is 16.4. The van der Waals surface area contributed by atoms with Gasteiger partial charge in [-0.3, -0.25) is 9.59 Å². The van der Waals surface area contributed by atoms with Crippen LogP contribution in [0.25, 0.3) is 0 Å². The fourth-order valence-electron chi connectivity index (χ4n) is 4.61. The highest BCUT2D eigenvalue weighted by molar-refractivity contribution is 5.87. The summed E-state index contributed by atoms with van der Waals surface area (Å²) < 4.78 is 18.8. The largest absolute Gasteiger partial charge is 0.481 e. The molecule has 0 radical (unpaired) electrons. The van der Waals surface area contributed by atoms with Crippen molar-refractivity contribution in [2.75, 3.05) is 0 Å². The topological polar surface area (TPSA) is 89.6 Å². The Morgan fingerprint density at radius 3 is 2.61 bits per heavy atom. The van der Waals surface area contributed by atoms with Crippen LogP contribution in [0.3, 0.4) is 0 Å². The molecule has 3 fully saturated rings. The molecule has 6 heteroatoms. The van der Waals surface area contributed by atoms with E-state index in [4.69, 9.17) is 10.5 Å². The molecule has 3 aliphatic carbocycles. The third-order valence-electron chi connectivity index (χ3n) is 5.84. The molecule has 1 spiro atoms. The minimum Gasteiger partial charge on any atom is -0.481 e. The molecular weight excluding hydrogens is 301 g/mol. The molecule has 0 unspecified atom stereocenters. The van der Waals surface area contributed by atoms with Crippen LogP contribution in [0.4, 0.5) is 4.39 Å². The molecule has 3 saturated carbocycles.